The second-order valence-electron chi connectivity index (χ2n) is 4.22. The Morgan fingerprint density at radius 1 is 1.05 bits per heavy atom. The lowest BCUT2D eigenvalue weighted by Gasteiger charge is -2.11. The second kappa shape index (κ2) is 4.98. The number of nitriles is 1. The van der Waals surface area contributed by atoms with E-state index >= 15 is 0 Å². The molecule has 20 heavy (non-hydrogen) atoms. The van der Waals surface area contributed by atoms with Crippen LogP contribution in [0.2, 0.25) is 0 Å². The minimum absolute atomic E-state index is 0.319. The van der Waals surface area contributed by atoms with Crippen LogP contribution < -0.4 is 4.74 Å². The van der Waals surface area contributed by atoms with Gasteiger partial charge in [0.05, 0.1) is 12.8 Å². The van der Waals surface area contributed by atoms with Crippen molar-refractivity contribution in [2.45, 2.75) is 0 Å². The van der Waals surface area contributed by atoms with E-state index in [0.717, 1.165) is 22.0 Å². The molecule has 0 fully saturated rings. The monoisotopic (exact) mass is 261 g/mol. The summed E-state index contributed by atoms with van der Waals surface area (Å²) < 4.78 is 5.28. The van der Waals surface area contributed by atoms with Crippen molar-refractivity contribution >= 4 is 10.8 Å². The summed E-state index contributed by atoms with van der Waals surface area (Å²) in [6.45, 7) is 0. The Morgan fingerprint density at radius 3 is 2.45 bits per heavy atom. The zero-order valence-electron chi connectivity index (χ0n) is 10.9. The molecule has 0 aliphatic heterocycles. The van der Waals surface area contributed by atoms with Gasteiger partial charge in [0.2, 0.25) is 5.88 Å². The maximum Gasteiger partial charge on any atom is 0.222 e. The Bertz CT molecular complexity index is 807. The molecular weight excluding hydrogens is 250 g/mol. The molecule has 0 bridgehead atoms. The van der Waals surface area contributed by atoms with Crippen LogP contribution in [0.4, 0.5) is 0 Å². The van der Waals surface area contributed by atoms with Crippen LogP contribution in [-0.2, 0) is 0 Å². The molecule has 0 N–H and O–H groups in total. The van der Waals surface area contributed by atoms with Gasteiger partial charge in [-0.05, 0) is 23.6 Å². The predicted octanol–water partition coefficient (Wildman–Crippen LogP) is 3.18. The fraction of sp³-hybridized carbons (Fsp3) is 0.0625. The highest BCUT2D eigenvalue weighted by molar-refractivity contribution is 6.00. The standard InChI is InChI=1S/C16H11N3O/c1-20-16-12-7-3-2-6-11(12)15(14(10-17)19-16)13-8-4-5-9-18-13/h2-9H,1H3. The summed E-state index contributed by atoms with van der Waals surface area (Å²) in [7, 11) is 1.55. The number of rotatable bonds is 2. The average molecular weight is 261 g/mol. The molecule has 0 spiro atoms. The fourth-order valence-electron chi connectivity index (χ4n) is 2.24. The molecule has 3 rings (SSSR count). The number of fused-ring (bicyclic) bond motifs is 1. The van der Waals surface area contributed by atoms with Gasteiger partial charge in [-0.25, -0.2) is 4.98 Å². The quantitative estimate of drug-likeness (QED) is 0.711. The molecule has 2 aromatic heterocycles. The Morgan fingerprint density at radius 2 is 1.80 bits per heavy atom. The number of ether oxygens (including phenoxy) is 1. The molecule has 4 heteroatoms. The number of methoxy groups -OCH3 is 1. The SMILES string of the molecule is COc1nc(C#N)c(-c2ccccn2)c2ccccc12. The van der Waals surface area contributed by atoms with Crippen LogP contribution in [0.1, 0.15) is 5.69 Å². The lowest BCUT2D eigenvalue weighted by Crippen LogP contribution is -1.97. The number of pyridine rings is 2. The number of aromatic nitrogens is 2. The molecule has 1 aromatic carbocycles. The van der Waals surface area contributed by atoms with Gasteiger partial charge in [0.1, 0.15) is 6.07 Å². The summed E-state index contributed by atoms with van der Waals surface area (Å²) in [6.07, 6.45) is 1.70. The minimum Gasteiger partial charge on any atom is -0.481 e. The van der Waals surface area contributed by atoms with Gasteiger partial charge in [-0.15, -0.1) is 0 Å². The summed E-state index contributed by atoms with van der Waals surface area (Å²) in [6, 6.07) is 15.5. The third-order valence-corrected chi connectivity index (χ3v) is 3.10. The van der Waals surface area contributed by atoms with E-state index in [1.807, 2.05) is 42.5 Å². The zero-order valence-corrected chi connectivity index (χ0v) is 10.9. The Kier molecular flexibility index (Phi) is 3.02. The second-order valence-corrected chi connectivity index (χ2v) is 4.22. The molecule has 0 saturated heterocycles. The first-order chi connectivity index (χ1) is 9.85. The lowest BCUT2D eigenvalue weighted by atomic mass is 10.0. The molecular formula is C16H11N3O. The van der Waals surface area contributed by atoms with Gasteiger partial charge in [-0.2, -0.15) is 5.26 Å². The molecule has 0 aliphatic rings. The molecule has 2 heterocycles. The van der Waals surface area contributed by atoms with Crippen LogP contribution in [0.25, 0.3) is 22.0 Å². The number of nitrogens with zero attached hydrogens (tertiary/aromatic N) is 3. The maximum atomic E-state index is 9.36. The lowest BCUT2D eigenvalue weighted by molar-refractivity contribution is 0.403. The molecule has 3 aromatic rings. The normalized spacial score (nSPS) is 10.2. The smallest absolute Gasteiger partial charge is 0.222 e. The van der Waals surface area contributed by atoms with Gasteiger partial charge in [0.15, 0.2) is 5.69 Å². The summed E-state index contributed by atoms with van der Waals surface area (Å²) in [4.78, 5) is 8.62. The van der Waals surface area contributed by atoms with Crippen molar-refractivity contribution in [3.63, 3.8) is 0 Å². The molecule has 0 saturated carbocycles. The van der Waals surface area contributed by atoms with Crippen molar-refractivity contribution in [1.29, 1.82) is 5.26 Å². The van der Waals surface area contributed by atoms with Gasteiger partial charge in [0.25, 0.3) is 0 Å². The van der Waals surface area contributed by atoms with Gasteiger partial charge in [0, 0.05) is 17.1 Å². The van der Waals surface area contributed by atoms with Crippen LogP contribution in [0.5, 0.6) is 5.88 Å². The van der Waals surface area contributed by atoms with E-state index in [-0.39, 0.29) is 0 Å². The Labute approximate surface area is 116 Å². The van der Waals surface area contributed by atoms with E-state index in [1.54, 1.807) is 13.3 Å². The summed E-state index contributed by atoms with van der Waals surface area (Å²) >= 11 is 0. The molecule has 96 valence electrons. The van der Waals surface area contributed by atoms with E-state index < -0.39 is 0 Å². The van der Waals surface area contributed by atoms with Gasteiger partial charge >= 0.3 is 0 Å². The maximum absolute atomic E-state index is 9.36. The van der Waals surface area contributed by atoms with E-state index in [4.69, 9.17) is 4.74 Å². The topological polar surface area (TPSA) is 58.8 Å². The highest BCUT2D eigenvalue weighted by Gasteiger charge is 2.16. The third-order valence-electron chi connectivity index (χ3n) is 3.10. The van der Waals surface area contributed by atoms with Crippen LogP contribution in [0.3, 0.4) is 0 Å². The zero-order chi connectivity index (χ0) is 13.9. The number of hydrogen-bond acceptors (Lipinski definition) is 4. The van der Waals surface area contributed by atoms with Gasteiger partial charge < -0.3 is 4.74 Å². The number of benzene rings is 1. The van der Waals surface area contributed by atoms with Crippen LogP contribution in [-0.4, -0.2) is 17.1 Å². The molecule has 0 atom stereocenters. The number of hydrogen-bond donors (Lipinski definition) is 0. The Balaban J connectivity index is 2.45. The van der Waals surface area contributed by atoms with Crippen molar-refractivity contribution in [2.75, 3.05) is 7.11 Å². The largest absolute Gasteiger partial charge is 0.481 e. The minimum atomic E-state index is 0.319. The molecule has 0 radical (unpaired) electrons. The Hall–Kier alpha value is -2.93. The molecule has 4 nitrogen and oxygen atoms in total. The first-order valence-electron chi connectivity index (χ1n) is 6.13. The van der Waals surface area contributed by atoms with E-state index in [2.05, 4.69) is 16.0 Å². The van der Waals surface area contributed by atoms with E-state index in [0.29, 0.717) is 11.6 Å². The third kappa shape index (κ3) is 1.86. The van der Waals surface area contributed by atoms with Crippen LogP contribution in [0.15, 0.2) is 48.7 Å². The molecule has 0 amide bonds. The fourth-order valence-corrected chi connectivity index (χ4v) is 2.24. The van der Waals surface area contributed by atoms with Crippen molar-refractivity contribution < 1.29 is 4.74 Å². The van der Waals surface area contributed by atoms with Crippen molar-refractivity contribution in [3.8, 4) is 23.2 Å². The van der Waals surface area contributed by atoms with Crippen molar-refractivity contribution in [1.82, 2.24) is 9.97 Å². The van der Waals surface area contributed by atoms with Crippen LogP contribution >= 0.6 is 0 Å². The van der Waals surface area contributed by atoms with Crippen molar-refractivity contribution in [2.24, 2.45) is 0 Å². The first kappa shape index (κ1) is 12.1. The van der Waals surface area contributed by atoms with E-state index in [1.165, 1.54) is 0 Å². The first-order valence-corrected chi connectivity index (χ1v) is 6.13. The summed E-state index contributed by atoms with van der Waals surface area (Å²) in [5.41, 5.74) is 1.79. The predicted molar refractivity (Wildman–Crippen MR) is 76.2 cm³/mol. The highest BCUT2D eigenvalue weighted by Crippen LogP contribution is 2.34. The van der Waals surface area contributed by atoms with E-state index in [9.17, 15) is 5.26 Å². The van der Waals surface area contributed by atoms with Crippen molar-refractivity contribution in [3.05, 3.63) is 54.4 Å². The van der Waals surface area contributed by atoms with Crippen LogP contribution in [0, 0.1) is 11.3 Å². The summed E-state index contributed by atoms with van der Waals surface area (Å²) in [5.74, 6) is 0.455. The molecule has 0 unspecified atom stereocenters. The van der Waals surface area contributed by atoms with Gasteiger partial charge in [-0.3, -0.25) is 4.98 Å². The summed E-state index contributed by atoms with van der Waals surface area (Å²) in [5, 5.41) is 11.1. The average Bonchev–Trinajstić information content (AvgIpc) is 2.54. The van der Waals surface area contributed by atoms with Gasteiger partial charge in [-0.1, -0.05) is 24.3 Å². The molecule has 0 aliphatic carbocycles. The highest BCUT2D eigenvalue weighted by atomic mass is 16.5.